The molecule has 1 unspecified atom stereocenters. The Morgan fingerprint density at radius 3 is 2.74 bits per heavy atom. The van der Waals surface area contributed by atoms with Crippen LogP contribution >= 0.6 is 0 Å². The van der Waals surface area contributed by atoms with Crippen molar-refractivity contribution in [3.05, 3.63) is 0 Å². The lowest BCUT2D eigenvalue weighted by atomic mass is 10.1. The first-order valence-electron chi connectivity index (χ1n) is 7.06. The Morgan fingerprint density at radius 1 is 1.37 bits per heavy atom. The average Bonchev–Trinajstić information content (AvgIpc) is 2.82. The lowest BCUT2D eigenvalue weighted by Gasteiger charge is -2.30. The second-order valence-corrected chi connectivity index (χ2v) is 5.54. The number of nitrogens with zero attached hydrogens (tertiary/aromatic N) is 1. The molecule has 0 saturated carbocycles. The largest absolute Gasteiger partial charge is 0.443 e. The van der Waals surface area contributed by atoms with Crippen LogP contribution in [0.15, 0.2) is 0 Å². The molecule has 0 radical (unpaired) electrons. The van der Waals surface area contributed by atoms with Crippen LogP contribution in [0.3, 0.4) is 0 Å². The van der Waals surface area contributed by atoms with Crippen LogP contribution in [0.2, 0.25) is 0 Å². The van der Waals surface area contributed by atoms with Gasteiger partial charge in [-0.1, -0.05) is 6.92 Å². The van der Waals surface area contributed by atoms with E-state index in [2.05, 4.69) is 0 Å². The molecule has 112 valence electrons. The van der Waals surface area contributed by atoms with Crippen LogP contribution in [0, 0.1) is 0 Å². The van der Waals surface area contributed by atoms with E-state index in [0.29, 0.717) is 19.8 Å². The zero-order valence-electron chi connectivity index (χ0n) is 12.6. The molecular weight excluding hydrogens is 246 g/mol. The predicted molar refractivity (Wildman–Crippen MR) is 73.3 cm³/mol. The number of likely N-dealkylation sites (tertiary alicyclic amines) is 1. The van der Waals surface area contributed by atoms with Gasteiger partial charge in [-0.3, -0.25) is 0 Å². The Kier molecular flexibility index (Phi) is 6.58. The molecule has 0 spiro atoms. The number of hydrogen-bond donors (Lipinski definition) is 0. The van der Waals surface area contributed by atoms with Crippen LogP contribution < -0.4 is 0 Å². The smallest absolute Gasteiger partial charge is 0.410 e. The summed E-state index contributed by atoms with van der Waals surface area (Å²) in [5.74, 6) is 0. The summed E-state index contributed by atoms with van der Waals surface area (Å²) in [5.41, 5.74) is -0.402. The van der Waals surface area contributed by atoms with Crippen LogP contribution in [-0.2, 0) is 14.2 Å². The Bertz CT molecular complexity index is 281. The van der Waals surface area contributed by atoms with Crippen LogP contribution in [-0.4, -0.2) is 56.1 Å². The van der Waals surface area contributed by atoms with Gasteiger partial charge >= 0.3 is 6.09 Å². The first-order valence-corrected chi connectivity index (χ1v) is 7.06. The highest BCUT2D eigenvalue weighted by Gasteiger charge is 2.32. The van der Waals surface area contributed by atoms with Crippen molar-refractivity contribution in [1.82, 2.24) is 4.90 Å². The summed E-state index contributed by atoms with van der Waals surface area (Å²) in [5, 5.41) is 0. The summed E-state index contributed by atoms with van der Waals surface area (Å²) in [4.78, 5) is 13.9. The summed E-state index contributed by atoms with van der Waals surface area (Å²) in [6.45, 7) is 8.36. The van der Waals surface area contributed by atoms with E-state index in [0.717, 1.165) is 25.8 Å². The second-order valence-electron chi connectivity index (χ2n) is 5.54. The van der Waals surface area contributed by atoms with Gasteiger partial charge in [-0.05, 0) is 33.1 Å². The second kappa shape index (κ2) is 7.70. The first-order chi connectivity index (χ1) is 9.00. The normalized spacial score (nSPS) is 19.8. The van der Waals surface area contributed by atoms with Crippen molar-refractivity contribution < 1.29 is 19.0 Å². The summed E-state index contributed by atoms with van der Waals surface area (Å²) in [6.07, 6.45) is 2.58. The monoisotopic (exact) mass is 273 g/mol. The summed E-state index contributed by atoms with van der Waals surface area (Å²) in [6, 6.07) is 0.136. The fourth-order valence-corrected chi connectivity index (χ4v) is 1.98. The van der Waals surface area contributed by atoms with Gasteiger partial charge in [0.05, 0.1) is 25.9 Å². The highest BCUT2D eigenvalue weighted by atomic mass is 16.6. The molecule has 1 aliphatic rings. The standard InChI is InChI=1S/C14H27NO4/c1-5-14(2,3)19-13(16)15-8-6-7-12(15)11-18-10-9-17-4/h12H,5-11H2,1-4H3. The minimum atomic E-state index is -0.402. The van der Waals surface area contributed by atoms with Crippen molar-refractivity contribution in [1.29, 1.82) is 0 Å². The Morgan fingerprint density at radius 2 is 2.11 bits per heavy atom. The van der Waals surface area contributed by atoms with Crippen molar-refractivity contribution in [2.75, 3.05) is 33.5 Å². The van der Waals surface area contributed by atoms with E-state index in [1.165, 1.54) is 0 Å². The molecule has 1 rings (SSSR count). The third-order valence-electron chi connectivity index (χ3n) is 3.57. The van der Waals surface area contributed by atoms with E-state index in [-0.39, 0.29) is 12.1 Å². The quantitative estimate of drug-likeness (QED) is 0.668. The molecule has 1 heterocycles. The maximum atomic E-state index is 12.1. The van der Waals surface area contributed by atoms with Crippen molar-refractivity contribution in [2.45, 2.75) is 51.7 Å². The molecule has 19 heavy (non-hydrogen) atoms. The van der Waals surface area contributed by atoms with Crippen molar-refractivity contribution in [3.8, 4) is 0 Å². The minimum Gasteiger partial charge on any atom is -0.443 e. The SMILES string of the molecule is CCC(C)(C)OC(=O)N1CCCC1COCCOC. The van der Waals surface area contributed by atoms with Crippen molar-refractivity contribution in [2.24, 2.45) is 0 Å². The molecule has 1 atom stereocenters. The highest BCUT2D eigenvalue weighted by Crippen LogP contribution is 2.22. The first kappa shape index (κ1) is 16.2. The van der Waals surface area contributed by atoms with E-state index in [1.54, 1.807) is 12.0 Å². The van der Waals surface area contributed by atoms with E-state index in [9.17, 15) is 4.79 Å². The minimum absolute atomic E-state index is 0.136. The van der Waals surface area contributed by atoms with Gasteiger partial charge in [0.25, 0.3) is 0 Å². The molecular formula is C14H27NO4. The van der Waals surface area contributed by atoms with Crippen LogP contribution in [0.25, 0.3) is 0 Å². The molecule has 1 aliphatic heterocycles. The topological polar surface area (TPSA) is 48.0 Å². The van der Waals surface area contributed by atoms with Gasteiger partial charge in [-0.25, -0.2) is 4.79 Å². The van der Waals surface area contributed by atoms with Crippen LogP contribution in [0.1, 0.15) is 40.0 Å². The molecule has 1 fully saturated rings. The van der Waals surface area contributed by atoms with E-state index < -0.39 is 5.60 Å². The molecule has 0 bridgehead atoms. The zero-order valence-corrected chi connectivity index (χ0v) is 12.6. The van der Waals surface area contributed by atoms with E-state index in [1.807, 2.05) is 20.8 Å². The molecule has 0 aromatic heterocycles. The van der Waals surface area contributed by atoms with Crippen LogP contribution in [0.4, 0.5) is 4.79 Å². The van der Waals surface area contributed by atoms with Gasteiger partial charge < -0.3 is 19.1 Å². The number of ether oxygens (including phenoxy) is 3. The number of methoxy groups -OCH3 is 1. The van der Waals surface area contributed by atoms with Gasteiger partial charge in [-0.15, -0.1) is 0 Å². The van der Waals surface area contributed by atoms with E-state index >= 15 is 0 Å². The molecule has 1 amide bonds. The maximum Gasteiger partial charge on any atom is 0.410 e. The van der Waals surface area contributed by atoms with Crippen molar-refractivity contribution in [3.63, 3.8) is 0 Å². The summed E-state index contributed by atoms with van der Waals surface area (Å²) >= 11 is 0. The number of hydrogen-bond acceptors (Lipinski definition) is 4. The fourth-order valence-electron chi connectivity index (χ4n) is 1.98. The third kappa shape index (κ3) is 5.37. The summed E-state index contributed by atoms with van der Waals surface area (Å²) in [7, 11) is 1.65. The average molecular weight is 273 g/mol. The van der Waals surface area contributed by atoms with Crippen LogP contribution in [0.5, 0.6) is 0 Å². The van der Waals surface area contributed by atoms with Gasteiger partial charge in [0.2, 0.25) is 0 Å². The highest BCUT2D eigenvalue weighted by molar-refractivity contribution is 5.69. The maximum absolute atomic E-state index is 12.1. The molecule has 0 aliphatic carbocycles. The molecule has 1 saturated heterocycles. The van der Waals surface area contributed by atoms with E-state index in [4.69, 9.17) is 14.2 Å². The molecule has 5 heteroatoms. The van der Waals surface area contributed by atoms with Crippen molar-refractivity contribution >= 4 is 6.09 Å². The van der Waals surface area contributed by atoms with Gasteiger partial charge in [0.15, 0.2) is 0 Å². The number of carbonyl (C=O) groups excluding carboxylic acids is 1. The molecule has 0 aromatic rings. The molecule has 0 N–H and O–H groups in total. The molecule has 5 nitrogen and oxygen atoms in total. The number of amides is 1. The zero-order chi connectivity index (χ0) is 14.3. The van der Waals surface area contributed by atoms with Gasteiger partial charge in [0.1, 0.15) is 5.60 Å². The Labute approximate surface area is 116 Å². The Balaban J connectivity index is 2.40. The summed E-state index contributed by atoms with van der Waals surface area (Å²) < 4.78 is 16.0. The lowest BCUT2D eigenvalue weighted by molar-refractivity contribution is -0.00393. The number of carbonyl (C=O) groups is 1. The Hall–Kier alpha value is -0.810. The lowest BCUT2D eigenvalue weighted by Crippen LogP contribution is -2.42. The van der Waals surface area contributed by atoms with Gasteiger partial charge in [0, 0.05) is 13.7 Å². The predicted octanol–water partition coefficient (Wildman–Crippen LogP) is 2.44. The molecule has 0 aromatic carbocycles. The van der Waals surface area contributed by atoms with Gasteiger partial charge in [-0.2, -0.15) is 0 Å². The fraction of sp³-hybridized carbons (Fsp3) is 0.929. The number of rotatable bonds is 7. The third-order valence-corrected chi connectivity index (χ3v) is 3.57.